The Morgan fingerprint density at radius 1 is 1.25 bits per heavy atom. The van der Waals surface area contributed by atoms with Crippen molar-refractivity contribution < 1.29 is 0 Å². The van der Waals surface area contributed by atoms with Gasteiger partial charge in [0.1, 0.15) is 0 Å². The highest BCUT2D eigenvalue weighted by atomic mass is 35.5. The molecule has 2 unspecified atom stereocenters. The minimum Gasteiger partial charge on any atom is -0.313 e. The standard InChI is InChI=1S/C14H22ClN/c1-6-9(2)14(16-5)12-7-10(3)11(4)8-13(12)15/h7-9,14,16H,6H2,1-5H3. The van der Waals surface area contributed by atoms with Crippen molar-refractivity contribution in [2.45, 2.75) is 40.2 Å². The van der Waals surface area contributed by atoms with E-state index in [-0.39, 0.29) is 0 Å². The van der Waals surface area contributed by atoms with Gasteiger partial charge in [-0.3, -0.25) is 0 Å². The SMILES string of the molecule is CCC(C)C(NC)c1cc(C)c(C)cc1Cl. The fraction of sp³-hybridized carbons (Fsp3) is 0.571. The molecular formula is C14H22ClN. The molecule has 1 nitrogen and oxygen atoms in total. The van der Waals surface area contributed by atoms with Gasteiger partial charge in [0.15, 0.2) is 0 Å². The van der Waals surface area contributed by atoms with Gasteiger partial charge < -0.3 is 5.32 Å². The summed E-state index contributed by atoms with van der Waals surface area (Å²) in [5.74, 6) is 0.588. The molecule has 16 heavy (non-hydrogen) atoms. The van der Waals surface area contributed by atoms with Crippen molar-refractivity contribution in [2.75, 3.05) is 7.05 Å². The third-order valence-corrected chi connectivity index (χ3v) is 3.80. The Morgan fingerprint density at radius 3 is 2.31 bits per heavy atom. The third-order valence-electron chi connectivity index (χ3n) is 3.47. The fourth-order valence-electron chi connectivity index (χ4n) is 2.02. The molecule has 90 valence electrons. The van der Waals surface area contributed by atoms with Crippen LogP contribution in [-0.4, -0.2) is 7.05 Å². The van der Waals surface area contributed by atoms with Gasteiger partial charge in [0.2, 0.25) is 0 Å². The first kappa shape index (κ1) is 13.5. The second-order valence-corrected chi connectivity index (χ2v) is 5.02. The Bertz CT molecular complexity index is 360. The van der Waals surface area contributed by atoms with Crippen molar-refractivity contribution in [3.8, 4) is 0 Å². The van der Waals surface area contributed by atoms with Crippen LogP contribution in [0.1, 0.15) is 43.0 Å². The Morgan fingerprint density at radius 2 is 1.81 bits per heavy atom. The molecule has 0 saturated carbocycles. The van der Waals surface area contributed by atoms with Crippen LogP contribution in [0.3, 0.4) is 0 Å². The predicted octanol–water partition coefficient (Wildman–Crippen LogP) is 4.26. The predicted molar refractivity (Wildman–Crippen MR) is 72.2 cm³/mol. The van der Waals surface area contributed by atoms with Crippen LogP contribution in [-0.2, 0) is 0 Å². The lowest BCUT2D eigenvalue weighted by Gasteiger charge is -2.24. The van der Waals surface area contributed by atoms with E-state index in [0.717, 1.165) is 11.4 Å². The zero-order valence-electron chi connectivity index (χ0n) is 10.9. The normalized spacial score (nSPS) is 14.9. The topological polar surface area (TPSA) is 12.0 Å². The van der Waals surface area contributed by atoms with Crippen LogP contribution in [0.2, 0.25) is 5.02 Å². The molecule has 0 saturated heterocycles. The lowest BCUT2D eigenvalue weighted by Crippen LogP contribution is -2.23. The maximum Gasteiger partial charge on any atom is 0.0456 e. The van der Waals surface area contributed by atoms with Crippen LogP contribution in [0.5, 0.6) is 0 Å². The van der Waals surface area contributed by atoms with Gasteiger partial charge in [-0.25, -0.2) is 0 Å². The molecule has 2 atom stereocenters. The summed E-state index contributed by atoms with van der Waals surface area (Å²) in [5, 5.41) is 4.25. The lowest BCUT2D eigenvalue weighted by molar-refractivity contribution is 0.400. The molecule has 1 aromatic carbocycles. The minimum absolute atomic E-state index is 0.344. The van der Waals surface area contributed by atoms with Crippen molar-refractivity contribution >= 4 is 11.6 Å². The Hall–Kier alpha value is -0.530. The highest BCUT2D eigenvalue weighted by molar-refractivity contribution is 6.31. The minimum atomic E-state index is 0.344. The van der Waals surface area contributed by atoms with E-state index >= 15 is 0 Å². The van der Waals surface area contributed by atoms with Crippen molar-refractivity contribution in [3.63, 3.8) is 0 Å². The first-order chi connectivity index (χ1) is 7.51. The summed E-state index contributed by atoms with van der Waals surface area (Å²) in [5.41, 5.74) is 3.79. The molecule has 0 bridgehead atoms. The molecule has 0 aliphatic heterocycles. The number of benzene rings is 1. The number of halogens is 1. The van der Waals surface area contributed by atoms with E-state index in [1.54, 1.807) is 0 Å². The maximum absolute atomic E-state index is 6.34. The van der Waals surface area contributed by atoms with Crippen molar-refractivity contribution in [1.29, 1.82) is 0 Å². The van der Waals surface area contributed by atoms with E-state index in [9.17, 15) is 0 Å². The first-order valence-electron chi connectivity index (χ1n) is 5.95. The molecule has 0 fully saturated rings. The van der Waals surface area contributed by atoms with Gasteiger partial charge >= 0.3 is 0 Å². The van der Waals surface area contributed by atoms with E-state index in [1.807, 2.05) is 7.05 Å². The van der Waals surface area contributed by atoms with Gasteiger partial charge in [-0.15, -0.1) is 0 Å². The van der Waals surface area contributed by atoms with Gasteiger partial charge in [0.05, 0.1) is 0 Å². The monoisotopic (exact) mass is 239 g/mol. The third kappa shape index (κ3) is 2.78. The molecule has 1 aromatic rings. The van der Waals surface area contributed by atoms with E-state index in [1.165, 1.54) is 16.7 Å². The molecule has 1 rings (SSSR count). The summed E-state index contributed by atoms with van der Waals surface area (Å²) >= 11 is 6.34. The molecule has 0 aromatic heterocycles. The van der Waals surface area contributed by atoms with Crippen LogP contribution >= 0.6 is 11.6 Å². The Balaban J connectivity index is 3.15. The molecule has 0 radical (unpaired) electrons. The molecular weight excluding hydrogens is 218 g/mol. The van der Waals surface area contributed by atoms with E-state index in [2.05, 4.69) is 45.1 Å². The van der Waals surface area contributed by atoms with E-state index < -0.39 is 0 Å². The van der Waals surface area contributed by atoms with Crippen LogP contribution in [0.25, 0.3) is 0 Å². The highest BCUT2D eigenvalue weighted by Gasteiger charge is 2.19. The number of nitrogens with one attached hydrogen (secondary N) is 1. The molecule has 0 aliphatic carbocycles. The summed E-state index contributed by atoms with van der Waals surface area (Å²) in [4.78, 5) is 0. The maximum atomic E-state index is 6.34. The van der Waals surface area contributed by atoms with Crippen LogP contribution < -0.4 is 5.32 Å². The fourth-order valence-corrected chi connectivity index (χ4v) is 2.36. The molecule has 0 amide bonds. The summed E-state index contributed by atoms with van der Waals surface area (Å²) in [6.07, 6.45) is 1.15. The average Bonchev–Trinajstić information content (AvgIpc) is 2.26. The summed E-state index contributed by atoms with van der Waals surface area (Å²) < 4.78 is 0. The molecule has 0 heterocycles. The van der Waals surface area contributed by atoms with Crippen LogP contribution in [0, 0.1) is 19.8 Å². The number of aryl methyl sites for hydroxylation is 2. The van der Waals surface area contributed by atoms with Crippen LogP contribution in [0.4, 0.5) is 0 Å². The van der Waals surface area contributed by atoms with Crippen molar-refractivity contribution in [1.82, 2.24) is 5.32 Å². The number of hydrogen-bond donors (Lipinski definition) is 1. The highest BCUT2D eigenvalue weighted by Crippen LogP contribution is 2.31. The molecule has 1 N–H and O–H groups in total. The zero-order valence-corrected chi connectivity index (χ0v) is 11.7. The van der Waals surface area contributed by atoms with Gasteiger partial charge in [-0.2, -0.15) is 0 Å². The Labute approximate surface area is 104 Å². The second-order valence-electron chi connectivity index (χ2n) is 4.61. The van der Waals surface area contributed by atoms with Gasteiger partial charge in [-0.05, 0) is 49.6 Å². The van der Waals surface area contributed by atoms with Gasteiger partial charge in [0, 0.05) is 11.1 Å². The summed E-state index contributed by atoms with van der Waals surface area (Å²) in [7, 11) is 2.00. The van der Waals surface area contributed by atoms with Gasteiger partial charge in [-0.1, -0.05) is 37.9 Å². The molecule has 2 heteroatoms. The quantitative estimate of drug-likeness (QED) is 0.828. The van der Waals surface area contributed by atoms with Crippen molar-refractivity contribution in [3.05, 3.63) is 33.8 Å². The summed E-state index contributed by atoms with van der Waals surface area (Å²) in [6, 6.07) is 4.63. The van der Waals surface area contributed by atoms with Gasteiger partial charge in [0.25, 0.3) is 0 Å². The zero-order chi connectivity index (χ0) is 12.3. The summed E-state index contributed by atoms with van der Waals surface area (Å²) in [6.45, 7) is 8.71. The largest absolute Gasteiger partial charge is 0.313 e. The second kappa shape index (κ2) is 5.70. The van der Waals surface area contributed by atoms with Crippen molar-refractivity contribution in [2.24, 2.45) is 5.92 Å². The average molecular weight is 240 g/mol. The first-order valence-corrected chi connectivity index (χ1v) is 6.33. The Kier molecular flexibility index (Phi) is 4.82. The number of hydrogen-bond acceptors (Lipinski definition) is 1. The molecule has 0 spiro atoms. The number of rotatable bonds is 4. The van der Waals surface area contributed by atoms with Crippen LogP contribution in [0.15, 0.2) is 12.1 Å². The van der Waals surface area contributed by atoms with E-state index in [4.69, 9.17) is 11.6 Å². The molecule has 0 aliphatic rings. The van der Waals surface area contributed by atoms with E-state index in [0.29, 0.717) is 12.0 Å². The lowest BCUT2D eigenvalue weighted by atomic mass is 9.91. The smallest absolute Gasteiger partial charge is 0.0456 e.